The molecule has 1 aromatic carbocycles. The van der Waals surface area contributed by atoms with E-state index in [0.717, 1.165) is 17.7 Å². The number of allylic oxidation sites excluding steroid dienone is 5. The van der Waals surface area contributed by atoms with Gasteiger partial charge in [-0.05, 0) is 48.2 Å². The molecule has 0 heterocycles. The van der Waals surface area contributed by atoms with E-state index in [0.29, 0.717) is 6.29 Å². The highest BCUT2D eigenvalue weighted by atomic mass is 32.2. The molecule has 0 unspecified atom stereocenters. The Morgan fingerprint density at radius 3 is 2.59 bits per heavy atom. The van der Waals surface area contributed by atoms with Crippen LogP contribution in [0.5, 0.6) is 0 Å². The number of carbonyl (C=O) groups is 1. The summed E-state index contributed by atoms with van der Waals surface area (Å²) in [5.74, 6) is -1.25. The quantitative estimate of drug-likeness (QED) is 0.603. The Hall–Kier alpha value is -1.88. The summed E-state index contributed by atoms with van der Waals surface area (Å²) in [6, 6.07) is 7.94. The zero-order valence-corrected chi connectivity index (χ0v) is 13.1. The van der Waals surface area contributed by atoms with Crippen LogP contribution in [0, 0.1) is 0 Å². The van der Waals surface area contributed by atoms with Gasteiger partial charge in [-0.2, -0.15) is 0 Å². The maximum absolute atomic E-state index is 14.1. The molecule has 1 aromatic rings. The fraction of sp³-hybridized carbons (Fsp3) is 0.235. The van der Waals surface area contributed by atoms with Gasteiger partial charge in [-0.3, -0.25) is 4.79 Å². The molecule has 5 heteroatoms. The molecule has 22 heavy (non-hydrogen) atoms. The highest BCUT2D eigenvalue weighted by molar-refractivity contribution is 7.97. The summed E-state index contributed by atoms with van der Waals surface area (Å²) < 4.78 is 30.3. The lowest BCUT2D eigenvalue weighted by Gasteiger charge is -2.09. The van der Waals surface area contributed by atoms with Crippen molar-refractivity contribution in [3.8, 4) is 0 Å². The first-order chi connectivity index (χ1) is 10.6. The van der Waals surface area contributed by atoms with Crippen LogP contribution < -0.4 is 4.72 Å². The van der Waals surface area contributed by atoms with Crippen LogP contribution in [0.1, 0.15) is 25.3 Å². The van der Waals surface area contributed by atoms with E-state index in [-0.39, 0.29) is 17.7 Å². The SMILES string of the molecule is CCCc1ccc(SNC2=CC=C(F)CC(C=O)=C2F)cc1. The van der Waals surface area contributed by atoms with E-state index in [4.69, 9.17) is 0 Å². The summed E-state index contributed by atoms with van der Waals surface area (Å²) >= 11 is 1.22. The van der Waals surface area contributed by atoms with Crippen molar-refractivity contribution in [2.75, 3.05) is 0 Å². The Bertz CT molecular complexity index is 633. The Balaban J connectivity index is 2.07. The van der Waals surface area contributed by atoms with Crippen molar-refractivity contribution in [1.29, 1.82) is 0 Å². The maximum atomic E-state index is 14.1. The summed E-state index contributed by atoms with van der Waals surface area (Å²) in [5, 5.41) is 0. The number of benzene rings is 1. The Morgan fingerprint density at radius 2 is 1.95 bits per heavy atom. The van der Waals surface area contributed by atoms with Gasteiger partial charge in [-0.1, -0.05) is 25.5 Å². The minimum absolute atomic E-state index is 0.0948. The maximum Gasteiger partial charge on any atom is 0.153 e. The van der Waals surface area contributed by atoms with Crippen LogP contribution in [0.25, 0.3) is 0 Å². The van der Waals surface area contributed by atoms with Crippen molar-refractivity contribution in [2.45, 2.75) is 31.1 Å². The van der Waals surface area contributed by atoms with Gasteiger partial charge in [0.05, 0.1) is 5.70 Å². The van der Waals surface area contributed by atoms with Crippen molar-refractivity contribution in [3.63, 3.8) is 0 Å². The number of hydrogen-bond donors (Lipinski definition) is 1. The van der Waals surface area contributed by atoms with Gasteiger partial charge in [-0.15, -0.1) is 0 Å². The number of aldehydes is 1. The van der Waals surface area contributed by atoms with Crippen molar-refractivity contribution in [3.05, 3.63) is 64.9 Å². The molecule has 1 aliphatic rings. The molecule has 2 rings (SSSR count). The Labute approximate surface area is 133 Å². The first-order valence-corrected chi connectivity index (χ1v) is 7.88. The largest absolute Gasteiger partial charge is 0.323 e. The Morgan fingerprint density at radius 1 is 1.23 bits per heavy atom. The smallest absolute Gasteiger partial charge is 0.153 e. The number of aryl methyl sites for hydroxylation is 1. The predicted molar refractivity (Wildman–Crippen MR) is 85.5 cm³/mol. The third kappa shape index (κ3) is 4.31. The highest BCUT2D eigenvalue weighted by Gasteiger charge is 2.16. The molecule has 0 aliphatic heterocycles. The van der Waals surface area contributed by atoms with Crippen LogP contribution in [0.3, 0.4) is 0 Å². The average molecular weight is 321 g/mol. The molecule has 1 aliphatic carbocycles. The molecule has 0 amide bonds. The standard InChI is InChI=1S/C17H17F2NOS/c1-2-3-12-4-7-15(8-5-12)22-20-16-9-6-14(18)10-13(11-21)17(16)19/h4-9,11,20H,2-3,10H2,1H3. The first-order valence-electron chi connectivity index (χ1n) is 7.06. The van der Waals surface area contributed by atoms with Crippen LogP contribution in [0.15, 0.2) is 64.2 Å². The number of hydrogen-bond acceptors (Lipinski definition) is 3. The van der Waals surface area contributed by atoms with Gasteiger partial charge in [0.25, 0.3) is 0 Å². The second-order valence-electron chi connectivity index (χ2n) is 4.93. The molecule has 0 saturated heterocycles. The van der Waals surface area contributed by atoms with Crippen molar-refractivity contribution in [1.82, 2.24) is 4.72 Å². The van der Waals surface area contributed by atoms with Crippen LogP contribution in [-0.4, -0.2) is 6.29 Å². The molecule has 0 saturated carbocycles. The lowest BCUT2D eigenvalue weighted by molar-refractivity contribution is -0.105. The number of rotatable bonds is 6. The molecule has 0 atom stereocenters. The van der Waals surface area contributed by atoms with Gasteiger partial charge in [0, 0.05) is 16.9 Å². The molecule has 0 radical (unpaired) electrons. The second-order valence-corrected chi connectivity index (χ2v) is 5.81. The van der Waals surface area contributed by atoms with Crippen LogP contribution in [0.2, 0.25) is 0 Å². The van der Waals surface area contributed by atoms with Crippen molar-refractivity contribution < 1.29 is 13.6 Å². The fourth-order valence-electron chi connectivity index (χ4n) is 2.04. The van der Waals surface area contributed by atoms with Gasteiger partial charge < -0.3 is 4.72 Å². The molecular weight excluding hydrogens is 304 g/mol. The predicted octanol–water partition coefficient (Wildman–Crippen LogP) is 4.80. The van der Waals surface area contributed by atoms with Gasteiger partial charge in [0.15, 0.2) is 5.83 Å². The third-order valence-electron chi connectivity index (χ3n) is 3.19. The van der Waals surface area contributed by atoms with Crippen LogP contribution in [-0.2, 0) is 11.2 Å². The first kappa shape index (κ1) is 16.5. The van der Waals surface area contributed by atoms with Crippen molar-refractivity contribution in [2.24, 2.45) is 0 Å². The number of carbonyl (C=O) groups excluding carboxylic acids is 1. The summed E-state index contributed by atoms with van der Waals surface area (Å²) in [5.41, 5.74) is 1.15. The van der Waals surface area contributed by atoms with Gasteiger partial charge in [0.1, 0.15) is 12.1 Å². The Kier molecular flexibility index (Phi) is 5.95. The zero-order valence-electron chi connectivity index (χ0n) is 12.2. The van der Waals surface area contributed by atoms with E-state index >= 15 is 0 Å². The fourth-order valence-corrected chi connectivity index (χ4v) is 2.69. The van der Waals surface area contributed by atoms with E-state index in [1.165, 1.54) is 29.7 Å². The lowest BCUT2D eigenvalue weighted by atomic mass is 10.1. The van der Waals surface area contributed by atoms with E-state index in [9.17, 15) is 13.6 Å². The van der Waals surface area contributed by atoms with E-state index in [1.807, 2.05) is 24.3 Å². The molecule has 1 N–H and O–H groups in total. The highest BCUT2D eigenvalue weighted by Crippen LogP contribution is 2.27. The third-order valence-corrected chi connectivity index (χ3v) is 4.02. The molecule has 0 fully saturated rings. The van der Waals surface area contributed by atoms with Crippen LogP contribution >= 0.6 is 11.9 Å². The average Bonchev–Trinajstić information content (AvgIpc) is 2.66. The van der Waals surface area contributed by atoms with E-state index < -0.39 is 11.7 Å². The number of halogens is 2. The topological polar surface area (TPSA) is 29.1 Å². The molecule has 116 valence electrons. The van der Waals surface area contributed by atoms with E-state index in [1.54, 1.807) is 0 Å². The minimum atomic E-state index is -0.714. The molecule has 2 nitrogen and oxygen atoms in total. The zero-order chi connectivity index (χ0) is 15.9. The monoisotopic (exact) mass is 321 g/mol. The van der Waals surface area contributed by atoms with Gasteiger partial charge in [-0.25, -0.2) is 8.78 Å². The minimum Gasteiger partial charge on any atom is -0.323 e. The van der Waals surface area contributed by atoms with E-state index in [2.05, 4.69) is 11.6 Å². The summed E-state index contributed by atoms with van der Waals surface area (Å²) in [7, 11) is 0. The second kappa shape index (κ2) is 7.94. The molecule has 0 spiro atoms. The molecular formula is C17H17F2NOS. The summed E-state index contributed by atoms with van der Waals surface area (Å²) in [6.07, 6.45) is 4.62. The van der Waals surface area contributed by atoms with Crippen molar-refractivity contribution >= 4 is 18.2 Å². The number of nitrogens with one attached hydrogen (secondary N) is 1. The van der Waals surface area contributed by atoms with Crippen LogP contribution in [0.4, 0.5) is 8.78 Å². The summed E-state index contributed by atoms with van der Waals surface area (Å²) in [4.78, 5) is 11.7. The molecule has 0 bridgehead atoms. The molecule has 0 aromatic heterocycles. The summed E-state index contributed by atoms with van der Waals surface area (Å²) in [6.45, 7) is 2.12. The normalized spacial score (nSPS) is 15.0. The van der Waals surface area contributed by atoms with Gasteiger partial charge in [0.2, 0.25) is 0 Å². The van der Waals surface area contributed by atoms with Gasteiger partial charge >= 0.3 is 0 Å². The lowest BCUT2D eigenvalue weighted by Crippen LogP contribution is -2.05.